The van der Waals surface area contributed by atoms with E-state index in [0.717, 1.165) is 25.9 Å². The van der Waals surface area contributed by atoms with Crippen LogP contribution in [0.2, 0.25) is 0 Å². The fraction of sp³-hybridized carbons (Fsp3) is 0.667. The van der Waals surface area contributed by atoms with Gasteiger partial charge in [-0.2, -0.15) is 13.2 Å². The van der Waals surface area contributed by atoms with Crippen LogP contribution in [0.4, 0.5) is 17.6 Å². The molecule has 2 aromatic heterocycles. The van der Waals surface area contributed by atoms with Crippen molar-refractivity contribution in [2.24, 2.45) is 0 Å². The maximum absolute atomic E-state index is 14.5. The number of hydrogen-bond donors (Lipinski definition) is 3. The van der Waals surface area contributed by atoms with Gasteiger partial charge in [0.1, 0.15) is 11.6 Å². The molecule has 1 saturated carbocycles. The summed E-state index contributed by atoms with van der Waals surface area (Å²) in [6.07, 6.45) is -2.21. The second kappa shape index (κ2) is 6.70. The Bertz CT molecular complexity index is 821. The number of aliphatic hydroxyl groups is 1. The molecule has 5 nitrogen and oxygen atoms in total. The highest BCUT2D eigenvalue weighted by molar-refractivity contribution is 5.75. The minimum Gasteiger partial charge on any atom is -0.380 e. The van der Waals surface area contributed by atoms with E-state index in [9.17, 15) is 22.7 Å². The zero-order valence-electron chi connectivity index (χ0n) is 14.7. The number of aromatic amines is 1. The van der Waals surface area contributed by atoms with Gasteiger partial charge in [-0.3, -0.25) is 0 Å². The van der Waals surface area contributed by atoms with E-state index in [1.807, 2.05) is 0 Å². The lowest BCUT2D eigenvalue weighted by atomic mass is 9.78. The first-order valence-electron chi connectivity index (χ1n) is 9.32. The van der Waals surface area contributed by atoms with E-state index >= 15 is 0 Å². The van der Waals surface area contributed by atoms with Crippen molar-refractivity contribution in [2.45, 2.75) is 62.1 Å². The Morgan fingerprint density at radius 3 is 2.37 bits per heavy atom. The number of aromatic nitrogens is 3. The lowest BCUT2D eigenvalue weighted by Gasteiger charge is -2.36. The van der Waals surface area contributed by atoms with Crippen LogP contribution in [0.3, 0.4) is 0 Å². The van der Waals surface area contributed by atoms with Crippen LogP contribution in [-0.4, -0.2) is 44.9 Å². The second-order valence-corrected chi connectivity index (χ2v) is 7.67. The number of nitrogens with zero attached hydrogens (tertiary/aromatic N) is 2. The number of piperidine rings is 1. The average molecular weight is 386 g/mol. The fourth-order valence-electron chi connectivity index (χ4n) is 4.33. The largest absolute Gasteiger partial charge is 0.417 e. The summed E-state index contributed by atoms with van der Waals surface area (Å²) in [7, 11) is 0. The van der Waals surface area contributed by atoms with E-state index in [1.54, 1.807) is 0 Å². The molecule has 0 atom stereocenters. The quantitative estimate of drug-likeness (QED) is 0.691. The molecular formula is C18H22F4N4O. The van der Waals surface area contributed by atoms with Gasteiger partial charge >= 0.3 is 6.18 Å². The molecule has 0 amide bonds. The number of fused-ring (bicyclic) bond motifs is 1. The molecule has 1 saturated heterocycles. The van der Waals surface area contributed by atoms with Gasteiger partial charge in [0.15, 0.2) is 11.2 Å². The van der Waals surface area contributed by atoms with E-state index < -0.39 is 11.8 Å². The normalized spacial score (nSPS) is 28.0. The van der Waals surface area contributed by atoms with E-state index in [2.05, 4.69) is 20.3 Å². The molecule has 2 fully saturated rings. The van der Waals surface area contributed by atoms with Gasteiger partial charge in [-0.05, 0) is 57.5 Å². The summed E-state index contributed by atoms with van der Waals surface area (Å²) in [5.74, 6) is -0.0142. The summed E-state index contributed by atoms with van der Waals surface area (Å²) in [4.78, 5) is 11.6. The molecule has 148 valence electrons. The summed E-state index contributed by atoms with van der Waals surface area (Å²) >= 11 is 0. The summed E-state index contributed by atoms with van der Waals surface area (Å²) in [5, 5.41) is 13.1. The second-order valence-electron chi connectivity index (χ2n) is 7.67. The summed E-state index contributed by atoms with van der Waals surface area (Å²) in [6.45, 7) is 1.63. The maximum Gasteiger partial charge on any atom is 0.417 e. The molecule has 3 N–H and O–H groups in total. The first-order chi connectivity index (χ1) is 12.8. The molecule has 3 heterocycles. The highest BCUT2D eigenvalue weighted by atomic mass is 19.4. The molecule has 0 bridgehead atoms. The van der Waals surface area contributed by atoms with Gasteiger partial charge in [0.05, 0.1) is 11.7 Å². The third kappa shape index (κ3) is 3.31. The van der Waals surface area contributed by atoms with Crippen molar-refractivity contribution in [1.29, 1.82) is 0 Å². The molecule has 0 radical (unpaired) electrons. The fourth-order valence-corrected chi connectivity index (χ4v) is 4.33. The minimum atomic E-state index is -4.63. The molecule has 0 aromatic carbocycles. The Labute approximate surface area is 153 Å². The zero-order valence-corrected chi connectivity index (χ0v) is 14.7. The van der Waals surface area contributed by atoms with Gasteiger partial charge in [0, 0.05) is 11.5 Å². The summed E-state index contributed by atoms with van der Waals surface area (Å²) < 4.78 is 53.5. The van der Waals surface area contributed by atoms with E-state index in [4.69, 9.17) is 0 Å². The van der Waals surface area contributed by atoms with E-state index in [-0.39, 0.29) is 43.3 Å². The van der Waals surface area contributed by atoms with Gasteiger partial charge < -0.3 is 15.4 Å². The molecule has 9 heteroatoms. The van der Waals surface area contributed by atoms with Crippen molar-refractivity contribution in [2.75, 3.05) is 13.1 Å². The molecular weight excluding hydrogens is 364 g/mol. The van der Waals surface area contributed by atoms with Gasteiger partial charge in [-0.1, -0.05) is 0 Å². The number of halogens is 4. The lowest BCUT2D eigenvalue weighted by Crippen LogP contribution is -2.47. The molecule has 1 aliphatic heterocycles. The van der Waals surface area contributed by atoms with Crippen LogP contribution < -0.4 is 5.32 Å². The van der Waals surface area contributed by atoms with Crippen LogP contribution in [0.1, 0.15) is 61.7 Å². The van der Waals surface area contributed by atoms with Gasteiger partial charge in [-0.15, -0.1) is 0 Å². The Balaban J connectivity index is 1.61. The molecule has 2 aliphatic rings. The first kappa shape index (κ1) is 18.6. The van der Waals surface area contributed by atoms with Crippen molar-refractivity contribution >= 4 is 11.2 Å². The maximum atomic E-state index is 14.5. The van der Waals surface area contributed by atoms with Crippen LogP contribution in [-0.2, 0) is 0 Å². The van der Waals surface area contributed by atoms with Gasteiger partial charge in [-0.25, -0.2) is 14.4 Å². The molecule has 1 aliphatic carbocycles. The molecule has 0 spiro atoms. The van der Waals surface area contributed by atoms with E-state index in [0.29, 0.717) is 22.6 Å². The summed E-state index contributed by atoms with van der Waals surface area (Å²) in [6, 6.07) is 0. The Kier molecular flexibility index (Phi) is 4.62. The third-order valence-corrected chi connectivity index (χ3v) is 6.00. The predicted octanol–water partition coefficient (Wildman–Crippen LogP) is 3.52. The van der Waals surface area contributed by atoms with Crippen molar-refractivity contribution in [3.8, 4) is 0 Å². The number of alkyl halides is 3. The van der Waals surface area contributed by atoms with Crippen molar-refractivity contribution in [3.05, 3.63) is 23.4 Å². The lowest BCUT2D eigenvalue weighted by molar-refractivity contribution is -0.270. The van der Waals surface area contributed by atoms with Gasteiger partial charge in [0.2, 0.25) is 0 Å². The molecule has 2 aromatic rings. The van der Waals surface area contributed by atoms with Gasteiger partial charge in [0.25, 0.3) is 0 Å². The smallest absolute Gasteiger partial charge is 0.380 e. The third-order valence-electron chi connectivity index (χ3n) is 6.00. The highest BCUT2D eigenvalue weighted by Gasteiger charge is 2.54. The Morgan fingerprint density at radius 2 is 1.74 bits per heavy atom. The number of hydrogen-bond acceptors (Lipinski definition) is 4. The monoisotopic (exact) mass is 386 g/mol. The number of nitrogens with one attached hydrogen (secondary N) is 2. The topological polar surface area (TPSA) is 73.8 Å². The Morgan fingerprint density at radius 1 is 1.07 bits per heavy atom. The van der Waals surface area contributed by atoms with E-state index in [1.165, 1.54) is 6.20 Å². The average Bonchev–Trinajstić information content (AvgIpc) is 3.06. The van der Waals surface area contributed by atoms with Crippen molar-refractivity contribution < 1.29 is 22.7 Å². The first-order valence-corrected chi connectivity index (χ1v) is 9.32. The number of imidazole rings is 1. The molecule has 0 unspecified atom stereocenters. The number of H-pyrrole nitrogens is 1. The predicted molar refractivity (Wildman–Crippen MR) is 90.9 cm³/mol. The molecule has 27 heavy (non-hydrogen) atoms. The zero-order chi connectivity index (χ0) is 19.2. The van der Waals surface area contributed by atoms with Crippen molar-refractivity contribution in [3.63, 3.8) is 0 Å². The van der Waals surface area contributed by atoms with Crippen LogP contribution in [0.5, 0.6) is 0 Å². The van der Waals surface area contributed by atoms with Crippen LogP contribution >= 0.6 is 0 Å². The van der Waals surface area contributed by atoms with Crippen molar-refractivity contribution in [1.82, 2.24) is 20.3 Å². The SMILES string of the molecule is OC1(C(F)(F)F)CCC(c2nc3ncc(F)c(C4CCNCC4)c3[nH]2)CC1. The number of rotatable bonds is 2. The standard InChI is InChI=1S/C18H22F4N4O/c19-12-9-24-16-14(13(12)10-3-7-23-8-4-10)25-15(26-16)11-1-5-17(27,6-2-11)18(20,21)22/h9-11,23,27H,1-8H2,(H,24,25,26). The number of pyridine rings is 1. The highest BCUT2D eigenvalue weighted by Crippen LogP contribution is 2.45. The Hall–Kier alpha value is -1.74. The van der Waals surface area contributed by atoms with Crippen LogP contribution in [0, 0.1) is 5.82 Å². The molecule has 4 rings (SSSR count). The minimum absolute atomic E-state index is 0.0618. The van der Waals surface area contributed by atoms with Crippen LogP contribution in [0.15, 0.2) is 6.20 Å². The van der Waals surface area contributed by atoms with Crippen LogP contribution in [0.25, 0.3) is 11.2 Å². The summed E-state index contributed by atoms with van der Waals surface area (Å²) in [5.41, 5.74) is -1.10.